The molecule has 1 aromatic rings. The van der Waals surface area contributed by atoms with E-state index in [0.29, 0.717) is 12.3 Å². The Hall–Kier alpha value is -1.86. The third-order valence-electron chi connectivity index (χ3n) is 1.83. The number of hydrogen-bond donors (Lipinski definition) is 1. The normalized spacial score (nSPS) is 13.2. The highest BCUT2D eigenvalue weighted by Crippen LogP contribution is 2.25. The van der Waals surface area contributed by atoms with E-state index >= 15 is 0 Å². The van der Waals surface area contributed by atoms with E-state index in [9.17, 15) is 22.4 Å². The molecular formula is C9H8F4N2O2. The van der Waals surface area contributed by atoms with Gasteiger partial charge in [0.15, 0.2) is 6.10 Å². The Bertz CT molecular complexity index is 433. The number of aromatic nitrogens is 1. The average Bonchev–Trinajstić information content (AvgIpc) is 2.18. The Balaban J connectivity index is 3.03. The molecule has 1 rings (SSSR count). The second-order valence-electron chi connectivity index (χ2n) is 3.17. The fourth-order valence-electron chi connectivity index (χ4n) is 0.931. The Morgan fingerprint density at radius 2 is 2.12 bits per heavy atom. The molecule has 0 aliphatic rings. The highest BCUT2D eigenvalue weighted by Gasteiger charge is 2.38. The number of ether oxygens (including phenoxy) is 1. The molecule has 2 N–H and O–H groups in total. The van der Waals surface area contributed by atoms with Gasteiger partial charge in [0.25, 0.3) is 5.91 Å². The van der Waals surface area contributed by atoms with Crippen molar-refractivity contribution in [1.82, 2.24) is 4.98 Å². The minimum Gasteiger partial charge on any atom is -0.464 e. The van der Waals surface area contributed by atoms with Gasteiger partial charge in [0, 0.05) is 0 Å². The van der Waals surface area contributed by atoms with Gasteiger partial charge >= 0.3 is 6.18 Å². The molecule has 8 heteroatoms. The summed E-state index contributed by atoms with van der Waals surface area (Å²) in [6, 6.07) is 0.660. The van der Waals surface area contributed by atoms with Crippen molar-refractivity contribution >= 4 is 5.91 Å². The molecule has 1 aromatic heterocycles. The van der Waals surface area contributed by atoms with E-state index in [-0.39, 0.29) is 0 Å². The van der Waals surface area contributed by atoms with E-state index in [2.05, 4.69) is 9.72 Å². The highest BCUT2D eigenvalue weighted by atomic mass is 19.4. The molecule has 0 saturated carbocycles. The van der Waals surface area contributed by atoms with Crippen molar-refractivity contribution in [3.8, 4) is 5.88 Å². The van der Waals surface area contributed by atoms with E-state index in [4.69, 9.17) is 5.73 Å². The zero-order valence-electron chi connectivity index (χ0n) is 8.58. The molecule has 0 spiro atoms. The molecule has 1 heterocycles. The lowest BCUT2D eigenvalue weighted by Gasteiger charge is -2.17. The summed E-state index contributed by atoms with van der Waals surface area (Å²) >= 11 is 0. The lowest BCUT2D eigenvalue weighted by atomic mass is 10.2. The molecule has 0 fully saturated rings. The third kappa shape index (κ3) is 3.30. The van der Waals surface area contributed by atoms with Gasteiger partial charge in [-0.15, -0.1) is 0 Å². The van der Waals surface area contributed by atoms with Crippen LogP contribution in [0.3, 0.4) is 0 Å². The maximum absolute atomic E-state index is 12.7. The third-order valence-corrected chi connectivity index (χ3v) is 1.83. The van der Waals surface area contributed by atoms with E-state index < -0.39 is 35.4 Å². The van der Waals surface area contributed by atoms with Crippen molar-refractivity contribution in [2.24, 2.45) is 5.73 Å². The molecule has 0 aliphatic carbocycles. The number of nitrogens with zero attached hydrogens (tertiary/aromatic N) is 1. The molecule has 17 heavy (non-hydrogen) atoms. The van der Waals surface area contributed by atoms with Gasteiger partial charge in [-0.2, -0.15) is 13.2 Å². The van der Waals surface area contributed by atoms with Crippen molar-refractivity contribution in [2.75, 3.05) is 0 Å². The van der Waals surface area contributed by atoms with Gasteiger partial charge < -0.3 is 10.5 Å². The summed E-state index contributed by atoms with van der Waals surface area (Å²) in [5.74, 6) is -2.67. The van der Waals surface area contributed by atoms with Crippen LogP contribution in [-0.2, 0) is 0 Å². The van der Waals surface area contributed by atoms with Crippen LogP contribution in [0.15, 0.2) is 12.3 Å². The molecule has 1 amide bonds. The number of hydrogen-bond acceptors (Lipinski definition) is 3. The standard InChI is InChI=1S/C9H8F4N2O2/c1-4(9(11,12)13)17-8-6(7(14)16)2-5(10)3-15-8/h2-4H,1H3,(H2,14,16). The van der Waals surface area contributed by atoms with Crippen LogP contribution in [0.25, 0.3) is 0 Å². The smallest absolute Gasteiger partial charge is 0.425 e. The largest absolute Gasteiger partial charge is 0.464 e. The van der Waals surface area contributed by atoms with Gasteiger partial charge in [0.2, 0.25) is 5.88 Å². The number of carbonyl (C=O) groups excluding carboxylic acids is 1. The van der Waals surface area contributed by atoms with Crippen molar-refractivity contribution in [1.29, 1.82) is 0 Å². The van der Waals surface area contributed by atoms with Crippen LogP contribution in [0, 0.1) is 5.82 Å². The first-order chi connectivity index (χ1) is 7.71. The van der Waals surface area contributed by atoms with Crippen LogP contribution in [0.4, 0.5) is 17.6 Å². The van der Waals surface area contributed by atoms with Crippen LogP contribution < -0.4 is 10.5 Å². The second-order valence-corrected chi connectivity index (χ2v) is 3.17. The Morgan fingerprint density at radius 1 is 1.53 bits per heavy atom. The van der Waals surface area contributed by atoms with Gasteiger partial charge in [0.1, 0.15) is 11.4 Å². The molecule has 1 unspecified atom stereocenters. The molecular weight excluding hydrogens is 244 g/mol. The lowest BCUT2D eigenvalue weighted by molar-refractivity contribution is -0.190. The van der Waals surface area contributed by atoms with Crippen LogP contribution in [0.5, 0.6) is 5.88 Å². The van der Waals surface area contributed by atoms with Crippen LogP contribution >= 0.6 is 0 Å². The van der Waals surface area contributed by atoms with Gasteiger partial charge in [-0.05, 0) is 13.0 Å². The summed E-state index contributed by atoms with van der Waals surface area (Å²) in [7, 11) is 0. The maximum atomic E-state index is 12.7. The monoisotopic (exact) mass is 252 g/mol. The summed E-state index contributed by atoms with van der Waals surface area (Å²) in [6.45, 7) is 0.732. The van der Waals surface area contributed by atoms with Gasteiger partial charge in [-0.1, -0.05) is 0 Å². The van der Waals surface area contributed by atoms with Gasteiger partial charge in [-0.25, -0.2) is 9.37 Å². The molecule has 0 saturated heterocycles. The predicted octanol–water partition coefficient (Wildman–Crippen LogP) is 1.65. The molecule has 0 aromatic carbocycles. The Morgan fingerprint density at radius 3 is 2.59 bits per heavy atom. The second kappa shape index (κ2) is 4.56. The maximum Gasteiger partial charge on any atom is 0.425 e. The Labute approximate surface area is 93.4 Å². The lowest BCUT2D eigenvalue weighted by Crippen LogP contribution is -2.32. The first-order valence-electron chi connectivity index (χ1n) is 4.40. The van der Waals surface area contributed by atoms with Crippen molar-refractivity contribution < 1.29 is 27.1 Å². The molecule has 1 atom stereocenters. The zero-order chi connectivity index (χ0) is 13.2. The summed E-state index contributed by atoms with van der Waals surface area (Å²) < 4.78 is 53.8. The van der Waals surface area contributed by atoms with Crippen molar-refractivity contribution in [3.05, 3.63) is 23.6 Å². The van der Waals surface area contributed by atoms with E-state index in [1.54, 1.807) is 0 Å². The number of nitrogens with two attached hydrogens (primary N) is 1. The van der Waals surface area contributed by atoms with Crippen molar-refractivity contribution in [3.63, 3.8) is 0 Å². The fourth-order valence-corrected chi connectivity index (χ4v) is 0.931. The summed E-state index contributed by atoms with van der Waals surface area (Å²) in [5, 5.41) is 0. The van der Waals surface area contributed by atoms with Gasteiger partial charge in [0.05, 0.1) is 6.20 Å². The number of primary amides is 1. The predicted molar refractivity (Wildman–Crippen MR) is 48.9 cm³/mol. The highest BCUT2D eigenvalue weighted by molar-refractivity contribution is 5.94. The molecule has 0 radical (unpaired) electrons. The Kier molecular flexibility index (Phi) is 3.54. The number of alkyl halides is 3. The number of carbonyl (C=O) groups is 1. The first kappa shape index (κ1) is 13.2. The van der Waals surface area contributed by atoms with Gasteiger partial charge in [-0.3, -0.25) is 4.79 Å². The first-order valence-corrected chi connectivity index (χ1v) is 4.40. The average molecular weight is 252 g/mol. The topological polar surface area (TPSA) is 65.2 Å². The van der Waals surface area contributed by atoms with Crippen LogP contribution in [0.2, 0.25) is 0 Å². The van der Waals surface area contributed by atoms with Crippen LogP contribution in [0.1, 0.15) is 17.3 Å². The summed E-state index contributed by atoms with van der Waals surface area (Å²) in [6.07, 6.45) is -6.17. The minimum absolute atomic E-state index is 0.541. The van der Waals surface area contributed by atoms with E-state index in [0.717, 1.165) is 6.92 Å². The summed E-state index contributed by atoms with van der Waals surface area (Å²) in [4.78, 5) is 14.1. The quantitative estimate of drug-likeness (QED) is 0.832. The number of amides is 1. The fraction of sp³-hybridized carbons (Fsp3) is 0.333. The SMILES string of the molecule is CC(Oc1ncc(F)cc1C(N)=O)C(F)(F)F. The molecule has 0 aliphatic heterocycles. The number of rotatable bonds is 3. The van der Waals surface area contributed by atoms with Crippen molar-refractivity contribution in [2.45, 2.75) is 19.2 Å². The molecule has 0 bridgehead atoms. The van der Waals surface area contributed by atoms with E-state index in [1.165, 1.54) is 0 Å². The minimum atomic E-state index is -4.62. The molecule has 94 valence electrons. The molecule has 4 nitrogen and oxygen atoms in total. The summed E-state index contributed by atoms with van der Waals surface area (Å²) in [5.41, 5.74) is 4.32. The number of halogens is 4. The van der Waals surface area contributed by atoms with E-state index in [1.807, 2.05) is 0 Å². The number of pyridine rings is 1. The zero-order valence-corrected chi connectivity index (χ0v) is 8.58. The van der Waals surface area contributed by atoms with Crippen LogP contribution in [-0.4, -0.2) is 23.2 Å².